The fourth-order valence-electron chi connectivity index (χ4n) is 3.23. The van der Waals surface area contributed by atoms with Gasteiger partial charge in [0.05, 0.1) is 0 Å². The summed E-state index contributed by atoms with van der Waals surface area (Å²) >= 11 is 0. The predicted octanol–water partition coefficient (Wildman–Crippen LogP) is 3.52. The molecule has 0 fully saturated rings. The Morgan fingerprint density at radius 1 is 1.00 bits per heavy atom. The van der Waals surface area contributed by atoms with Crippen LogP contribution in [0.3, 0.4) is 0 Å². The van der Waals surface area contributed by atoms with Gasteiger partial charge in [-0.05, 0) is 48.7 Å². The lowest BCUT2D eigenvalue weighted by Crippen LogP contribution is -2.42. The van der Waals surface area contributed by atoms with E-state index in [0.29, 0.717) is 11.3 Å². The van der Waals surface area contributed by atoms with Crippen molar-refractivity contribution in [3.05, 3.63) is 77.2 Å². The van der Waals surface area contributed by atoms with Gasteiger partial charge in [0.15, 0.2) is 5.76 Å². The van der Waals surface area contributed by atoms with E-state index >= 15 is 0 Å². The van der Waals surface area contributed by atoms with E-state index in [-0.39, 0.29) is 30.1 Å². The maximum atomic E-state index is 12.5. The molecule has 2 aromatic carbocycles. The number of carbonyl (C=O) groups is 3. The number of phenols is 1. The maximum Gasteiger partial charge on any atom is 0.326 e. The average Bonchev–Trinajstić information content (AvgIpc) is 3.08. The van der Waals surface area contributed by atoms with Crippen LogP contribution in [0.25, 0.3) is 11.1 Å². The first-order valence-corrected chi connectivity index (χ1v) is 9.73. The van der Waals surface area contributed by atoms with Gasteiger partial charge in [-0.25, -0.2) is 4.79 Å². The van der Waals surface area contributed by atoms with Crippen LogP contribution in [0.2, 0.25) is 0 Å². The Hall–Kier alpha value is -3.87. The van der Waals surface area contributed by atoms with Gasteiger partial charge in [0.25, 0.3) is 5.91 Å². The predicted molar refractivity (Wildman–Crippen MR) is 114 cm³/mol. The molecule has 1 unspecified atom stereocenters. The van der Waals surface area contributed by atoms with Crippen molar-refractivity contribution in [3.63, 3.8) is 0 Å². The van der Waals surface area contributed by atoms with Crippen molar-refractivity contribution in [1.29, 1.82) is 0 Å². The van der Waals surface area contributed by atoms with E-state index in [1.807, 2.05) is 12.1 Å². The lowest BCUT2D eigenvalue weighted by molar-refractivity contribution is -0.139. The van der Waals surface area contributed by atoms with Crippen LogP contribution >= 0.6 is 0 Å². The lowest BCUT2D eigenvalue weighted by Gasteiger charge is -2.14. The topological polar surface area (TPSA) is 117 Å². The molecule has 3 aromatic rings. The number of hydrogen-bond acceptors (Lipinski definition) is 5. The quantitative estimate of drug-likeness (QED) is 0.512. The zero-order valence-electron chi connectivity index (χ0n) is 17.2. The van der Waals surface area contributed by atoms with Crippen molar-refractivity contribution in [1.82, 2.24) is 5.32 Å². The highest BCUT2D eigenvalue weighted by Gasteiger charge is 2.24. The van der Waals surface area contributed by atoms with Crippen LogP contribution in [-0.2, 0) is 22.4 Å². The standard InChI is InChI=1S/C24H23NO6/c1-14(26)11-19-13-22(31-15(19)2)23(28)25-21(24(29)30)12-16-3-5-17(6-4-16)18-7-9-20(27)10-8-18/h3-10,13,21,27H,11-12H2,1-2H3,(H,25,28)(H,29,30). The molecule has 31 heavy (non-hydrogen) atoms. The minimum Gasteiger partial charge on any atom is -0.508 e. The molecule has 1 heterocycles. The molecule has 7 heteroatoms. The Morgan fingerprint density at radius 3 is 2.13 bits per heavy atom. The van der Waals surface area contributed by atoms with E-state index in [1.54, 1.807) is 43.3 Å². The molecule has 1 amide bonds. The highest BCUT2D eigenvalue weighted by Crippen LogP contribution is 2.23. The number of aryl methyl sites for hydroxylation is 1. The molecule has 0 bridgehead atoms. The van der Waals surface area contributed by atoms with E-state index in [2.05, 4.69) is 5.32 Å². The Morgan fingerprint density at radius 2 is 1.58 bits per heavy atom. The highest BCUT2D eigenvalue weighted by molar-refractivity contribution is 5.95. The molecule has 7 nitrogen and oxygen atoms in total. The van der Waals surface area contributed by atoms with Crippen molar-refractivity contribution < 1.29 is 29.0 Å². The summed E-state index contributed by atoms with van der Waals surface area (Å²) in [6, 6.07) is 14.4. The third-order valence-electron chi connectivity index (χ3n) is 4.88. The third-order valence-corrected chi connectivity index (χ3v) is 4.88. The van der Waals surface area contributed by atoms with E-state index < -0.39 is 17.9 Å². The van der Waals surface area contributed by atoms with Crippen molar-refractivity contribution in [2.45, 2.75) is 32.7 Å². The van der Waals surface area contributed by atoms with E-state index in [4.69, 9.17) is 4.42 Å². The van der Waals surface area contributed by atoms with Gasteiger partial charge < -0.3 is 19.9 Å². The first-order valence-electron chi connectivity index (χ1n) is 9.73. The first kappa shape index (κ1) is 21.8. The first-order chi connectivity index (χ1) is 14.7. The van der Waals surface area contributed by atoms with E-state index in [1.165, 1.54) is 13.0 Å². The molecular formula is C24H23NO6. The second-order valence-corrected chi connectivity index (χ2v) is 7.38. The van der Waals surface area contributed by atoms with Crippen molar-refractivity contribution in [2.75, 3.05) is 0 Å². The fourth-order valence-corrected chi connectivity index (χ4v) is 3.23. The molecule has 0 aliphatic carbocycles. The highest BCUT2D eigenvalue weighted by atomic mass is 16.4. The number of aromatic hydroxyl groups is 1. The van der Waals surface area contributed by atoms with Gasteiger partial charge in [0.1, 0.15) is 23.3 Å². The molecule has 3 rings (SSSR count). The van der Waals surface area contributed by atoms with Crippen LogP contribution in [0, 0.1) is 6.92 Å². The number of carbonyl (C=O) groups excluding carboxylic acids is 2. The summed E-state index contributed by atoms with van der Waals surface area (Å²) in [5.41, 5.74) is 3.18. The summed E-state index contributed by atoms with van der Waals surface area (Å²) in [6.45, 7) is 3.10. The van der Waals surface area contributed by atoms with Gasteiger partial charge in [0.2, 0.25) is 0 Å². The van der Waals surface area contributed by atoms with Gasteiger partial charge in [-0.15, -0.1) is 0 Å². The third kappa shape index (κ3) is 5.60. The number of amides is 1. The van der Waals surface area contributed by atoms with Gasteiger partial charge in [-0.2, -0.15) is 0 Å². The van der Waals surface area contributed by atoms with Gasteiger partial charge in [-0.1, -0.05) is 36.4 Å². The van der Waals surface area contributed by atoms with Crippen LogP contribution in [0.1, 0.15) is 34.4 Å². The smallest absolute Gasteiger partial charge is 0.326 e. The lowest BCUT2D eigenvalue weighted by atomic mass is 10.0. The number of furan rings is 1. The van der Waals surface area contributed by atoms with Crippen LogP contribution < -0.4 is 5.32 Å². The number of benzene rings is 2. The normalized spacial score (nSPS) is 11.7. The second-order valence-electron chi connectivity index (χ2n) is 7.38. The van der Waals surface area contributed by atoms with Gasteiger partial charge in [0, 0.05) is 18.4 Å². The molecule has 3 N–H and O–H groups in total. The number of Topliss-reactive ketones (excluding diaryl/α,β-unsaturated/α-hetero) is 1. The largest absolute Gasteiger partial charge is 0.508 e. The van der Waals surface area contributed by atoms with Crippen LogP contribution in [0.5, 0.6) is 5.75 Å². The number of carboxylic acids is 1. The maximum absolute atomic E-state index is 12.5. The number of nitrogens with one attached hydrogen (secondary N) is 1. The minimum absolute atomic E-state index is 0.0253. The van der Waals surface area contributed by atoms with Crippen molar-refractivity contribution in [3.8, 4) is 16.9 Å². The Bertz CT molecular complexity index is 1100. The summed E-state index contributed by atoms with van der Waals surface area (Å²) in [4.78, 5) is 35.5. The van der Waals surface area contributed by atoms with Crippen molar-refractivity contribution in [2.24, 2.45) is 0 Å². The number of ketones is 1. The number of carboxylic acid groups (broad SMARTS) is 1. The molecular weight excluding hydrogens is 398 g/mol. The van der Waals surface area contributed by atoms with E-state index in [0.717, 1.165) is 16.7 Å². The molecule has 0 aliphatic heterocycles. The molecule has 160 valence electrons. The summed E-state index contributed by atoms with van der Waals surface area (Å²) in [5.74, 6) is -1.26. The summed E-state index contributed by atoms with van der Waals surface area (Å²) in [6.07, 6.45) is 0.245. The molecule has 0 saturated heterocycles. The number of hydrogen-bond donors (Lipinski definition) is 3. The van der Waals surface area contributed by atoms with Crippen LogP contribution in [0.15, 0.2) is 59.0 Å². The SMILES string of the molecule is CC(=O)Cc1cc(C(=O)NC(Cc2ccc(-c3ccc(O)cc3)cc2)C(=O)O)oc1C. The Kier molecular flexibility index (Phi) is 6.55. The monoisotopic (exact) mass is 421 g/mol. The number of aliphatic carboxylic acids is 1. The molecule has 1 atom stereocenters. The fraction of sp³-hybridized carbons (Fsp3) is 0.208. The summed E-state index contributed by atoms with van der Waals surface area (Å²) in [7, 11) is 0. The summed E-state index contributed by atoms with van der Waals surface area (Å²) in [5, 5.41) is 21.4. The van der Waals surface area contributed by atoms with E-state index in [9.17, 15) is 24.6 Å². The Labute approximate surface area is 179 Å². The Balaban J connectivity index is 1.70. The zero-order chi connectivity index (χ0) is 22.5. The number of rotatable bonds is 8. The molecule has 0 spiro atoms. The average molecular weight is 421 g/mol. The molecule has 0 radical (unpaired) electrons. The van der Waals surface area contributed by atoms with Crippen LogP contribution in [0.4, 0.5) is 0 Å². The number of phenolic OH excluding ortho intramolecular Hbond substituents is 1. The van der Waals surface area contributed by atoms with Gasteiger partial charge >= 0.3 is 5.97 Å². The van der Waals surface area contributed by atoms with Crippen molar-refractivity contribution >= 4 is 17.7 Å². The molecule has 1 aromatic heterocycles. The molecule has 0 aliphatic rings. The van der Waals surface area contributed by atoms with Gasteiger partial charge in [-0.3, -0.25) is 9.59 Å². The molecule has 0 saturated carbocycles. The zero-order valence-corrected chi connectivity index (χ0v) is 17.2. The summed E-state index contributed by atoms with van der Waals surface area (Å²) < 4.78 is 5.41. The van der Waals surface area contributed by atoms with Crippen LogP contribution in [-0.4, -0.2) is 33.9 Å². The minimum atomic E-state index is -1.16. The second kappa shape index (κ2) is 9.30.